The lowest BCUT2D eigenvalue weighted by atomic mass is 10.0. The quantitative estimate of drug-likeness (QED) is 0.698. The summed E-state index contributed by atoms with van der Waals surface area (Å²) in [7, 11) is 1.74. The molecule has 0 radical (unpaired) electrons. The Bertz CT molecular complexity index is 1000. The first-order valence-corrected chi connectivity index (χ1v) is 8.60. The Hall–Kier alpha value is -3.53. The first kappa shape index (κ1) is 18.3. The van der Waals surface area contributed by atoms with Crippen LogP contribution >= 0.6 is 0 Å². The first-order chi connectivity index (χ1) is 13.0. The first-order valence-electron chi connectivity index (χ1n) is 8.60. The number of hydrogen-bond acceptors (Lipinski definition) is 5. The third-order valence-corrected chi connectivity index (χ3v) is 4.26. The van der Waals surface area contributed by atoms with Crippen LogP contribution in [0.3, 0.4) is 0 Å². The Kier molecular flexibility index (Phi) is 5.27. The number of rotatable bonds is 5. The second-order valence-electron chi connectivity index (χ2n) is 6.50. The van der Waals surface area contributed by atoms with Crippen LogP contribution in [0.1, 0.15) is 41.8 Å². The van der Waals surface area contributed by atoms with Gasteiger partial charge in [0.25, 0.3) is 5.91 Å². The third kappa shape index (κ3) is 3.85. The maximum absolute atomic E-state index is 12.9. The van der Waals surface area contributed by atoms with Crippen molar-refractivity contribution < 1.29 is 4.79 Å². The van der Waals surface area contributed by atoms with E-state index in [2.05, 4.69) is 21.3 Å². The molecule has 0 fully saturated rings. The molecular formula is C20H20N6O. The standard InChI is InChI=1S/C20H20N6O/c1-14(2)26-13-23-24-19(26)12-25(3)20(27)16-7-4-6-15(10-16)17-8-5-9-22-18(17)11-21/h4-10,13-14H,12H2,1-3H3. The minimum absolute atomic E-state index is 0.127. The van der Waals surface area contributed by atoms with Crippen molar-refractivity contribution in [3.05, 3.63) is 66.0 Å². The third-order valence-electron chi connectivity index (χ3n) is 4.26. The molecule has 0 N–H and O–H groups in total. The number of pyridine rings is 1. The van der Waals surface area contributed by atoms with Gasteiger partial charge >= 0.3 is 0 Å². The van der Waals surface area contributed by atoms with Gasteiger partial charge in [0.05, 0.1) is 6.54 Å². The van der Waals surface area contributed by atoms with Crippen LogP contribution in [-0.4, -0.2) is 37.6 Å². The van der Waals surface area contributed by atoms with Crippen molar-refractivity contribution in [2.45, 2.75) is 26.4 Å². The summed E-state index contributed by atoms with van der Waals surface area (Å²) in [5.74, 6) is 0.605. The van der Waals surface area contributed by atoms with Gasteiger partial charge in [-0.3, -0.25) is 4.79 Å². The smallest absolute Gasteiger partial charge is 0.254 e. The highest BCUT2D eigenvalue weighted by Gasteiger charge is 2.17. The minimum atomic E-state index is -0.127. The summed E-state index contributed by atoms with van der Waals surface area (Å²) < 4.78 is 1.94. The van der Waals surface area contributed by atoms with Gasteiger partial charge in [-0.15, -0.1) is 10.2 Å². The van der Waals surface area contributed by atoms with Crippen molar-refractivity contribution in [2.24, 2.45) is 0 Å². The van der Waals surface area contributed by atoms with E-state index in [4.69, 9.17) is 0 Å². The van der Waals surface area contributed by atoms with Crippen molar-refractivity contribution in [3.8, 4) is 17.2 Å². The number of aromatic nitrogens is 4. The minimum Gasteiger partial charge on any atom is -0.334 e. The molecule has 1 aromatic carbocycles. The van der Waals surface area contributed by atoms with Gasteiger partial charge in [-0.05, 0) is 43.7 Å². The molecule has 1 amide bonds. The summed E-state index contributed by atoms with van der Waals surface area (Å²) in [5, 5.41) is 17.3. The molecule has 3 aromatic rings. The fourth-order valence-electron chi connectivity index (χ4n) is 2.86. The van der Waals surface area contributed by atoms with Crippen LogP contribution in [-0.2, 0) is 6.54 Å². The largest absolute Gasteiger partial charge is 0.334 e. The second kappa shape index (κ2) is 7.79. The van der Waals surface area contributed by atoms with E-state index in [0.29, 0.717) is 23.4 Å². The van der Waals surface area contributed by atoms with Crippen LogP contribution in [0.4, 0.5) is 0 Å². The Morgan fingerprint density at radius 3 is 2.85 bits per heavy atom. The van der Waals surface area contributed by atoms with Gasteiger partial charge in [-0.2, -0.15) is 5.26 Å². The van der Waals surface area contributed by atoms with Crippen molar-refractivity contribution in [3.63, 3.8) is 0 Å². The molecule has 0 aliphatic rings. The monoisotopic (exact) mass is 360 g/mol. The lowest BCUT2D eigenvalue weighted by Crippen LogP contribution is -2.28. The van der Waals surface area contributed by atoms with Crippen LogP contribution in [0.25, 0.3) is 11.1 Å². The molecule has 7 nitrogen and oxygen atoms in total. The average molecular weight is 360 g/mol. The molecule has 0 bridgehead atoms. The van der Waals surface area contributed by atoms with E-state index in [1.807, 2.05) is 30.5 Å². The average Bonchev–Trinajstić information content (AvgIpc) is 3.15. The van der Waals surface area contributed by atoms with Crippen molar-refractivity contribution in [1.29, 1.82) is 5.26 Å². The van der Waals surface area contributed by atoms with Crippen LogP contribution in [0.5, 0.6) is 0 Å². The second-order valence-corrected chi connectivity index (χ2v) is 6.50. The van der Waals surface area contributed by atoms with Crippen LogP contribution < -0.4 is 0 Å². The van der Waals surface area contributed by atoms with E-state index >= 15 is 0 Å². The zero-order valence-electron chi connectivity index (χ0n) is 15.5. The molecule has 0 aliphatic carbocycles. The van der Waals surface area contributed by atoms with Crippen molar-refractivity contribution in [1.82, 2.24) is 24.6 Å². The summed E-state index contributed by atoms with van der Waals surface area (Å²) >= 11 is 0. The maximum Gasteiger partial charge on any atom is 0.254 e. The Labute approximate surface area is 157 Å². The fraction of sp³-hybridized carbons (Fsp3) is 0.250. The summed E-state index contributed by atoms with van der Waals surface area (Å²) in [6, 6.07) is 13.1. The SMILES string of the molecule is CC(C)n1cnnc1CN(C)C(=O)c1cccc(-c2cccnc2C#N)c1. The molecule has 0 spiro atoms. The van der Waals surface area contributed by atoms with E-state index in [1.165, 1.54) is 0 Å². The zero-order valence-corrected chi connectivity index (χ0v) is 15.5. The van der Waals surface area contributed by atoms with Crippen LogP contribution in [0.15, 0.2) is 48.9 Å². The molecule has 7 heteroatoms. The predicted molar refractivity (Wildman–Crippen MR) is 101 cm³/mol. The van der Waals surface area contributed by atoms with E-state index in [0.717, 1.165) is 11.4 Å². The molecule has 0 saturated carbocycles. The number of hydrogen-bond donors (Lipinski definition) is 0. The zero-order chi connectivity index (χ0) is 19.4. The summed E-state index contributed by atoms with van der Waals surface area (Å²) in [5.41, 5.74) is 2.36. The van der Waals surface area contributed by atoms with Crippen LogP contribution in [0.2, 0.25) is 0 Å². The highest BCUT2D eigenvalue weighted by Crippen LogP contribution is 2.23. The van der Waals surface area contributed by atoms with Gasteiger partial charge < -0.3 is 9.47 Å². The molecule has 2 aromatic heterocycles. The number of benzene rings is 1. The van der Waals surface area contributed by atoms with Crippen molar-refractivity contribution in [2.75, 3.05) is 7.05 Å². The molecule has 0 atom stereocenters. The normalized spacial score (nSPS) is 10.6. The summed E-state index contributed by atoms with van der Waals surface area (Å²) in [6.45, 7) is 4.44. The molecule has 0 saturated heterocycles. The highest BCUT2D eigenvalue weighted by atomic mass is 16.2. The molecule has 2 heterocycles. The number of carbonyl (C=O) groups is 1. The molecular weight excluding hydrogens is 340 g/mol. The Morgan fingerprint density at radius 1 is 1.30 bits per heavy atom. The van der Waals surface area contributed by atoms with Crippen LogP contribution in [0, 0.1) is 11.3 Å². The number of nitriles is 1. The molecule has 0 aliphatic heterocycles. The van der Waals surface area contributed by atoms with Gasteiger partial charge in [0.1, 0.15) is 18.1 Å². The summed E-state index contributed by atoms with van der Waals surface area (Å²) in [6.07, 6.45) is 3.25. The molecule has 3 rings (SSSR count). The lowest BCUT2D eigenvalue weighted by molar-refractivity contribution is 0.0779. The molecule has 136 valence electrons. The Balaban J connectivity index is 1.85. The van der Waals surface area contributed by atoms with Gasteiger partial charge in [-0.1, -0.05) is 12.1 Å². The number of carbonyl (C=O) groups excluding carboxylic acids is 1. The lowest BCUT2D eigenvalue weighted by Gasteiger charge is -2.19. The maximum atomic E-state index is 12.9. The molecule has 27 heavy (non-hydrogen) atoms. The molecule has 0 unspecified atom stereocenters. The van der Waals surface area contributed by atoms with Crippen molar-refractivity contribution >= 4 is 5.91 Å². The highest BCUT2D eigenvalue weighted by molar-refractivity contribution is 5.95. The van der Waals surface area contributed by atoms with E-state index in [9.17, 15) is 10.1 Å². The van der Waals surface area contributed by atoms with Gasteiger partial charge in [0, 0.05) is 30.4 Å². The van der Waals surface area contributed by atoms with Gasteiger partial charge in [0.15, 0.2) is 5.82 Å². The van der Waals surface area contributed by atoms with Gasteiger partial charge in [0.2, 0.25) is 0 Å². The van der Waals surface area contributed by atoms with E-state index < -0.39 is 0 Å². The summed E-state index contributed by atoms with van der Waals surface area (Å²) in [4.78, 5) is 18.6. The number of nitrogens with zero attached hydrogens (tertiary/aromatic N) is 6. The fourth-order valence-corrected chi connectivity index (χ4v) is 2.86. The Morgan fingerprint density at radius 2 is 2.11 bits per heavy atom. The van der Waals surface area contributed by atoms with Gasteiger partial charge in [-0.25, -0.2) is 4.98 Å². The van der Waals surface area contributed by atoms with E-state index in [-0.39, 0.29) is 11.9 Å². The number of amides is 1. The van der Waals surface area contributed by atoms with E-state index in [1.54, 1.807) is 48.7 Å². The predicted octanol–water partition coefficient (Wildman–Crippen LogP) is 3.06. The topological polar surface area (TPSA) is 87.7 Å².